The molecule has 0 unspecified atom stereocenters. The molecule has 5 rings (SSSR count). The van der Waals surface area contributed by atoms with Crippen molar-refractivity contribution in [1.82, 2.24) is 14.8 Å². The van der Waals surface area contributed by atoms with Crippen LogP contribution in [-0.2, 0) is 20.7 Å². The van der Waals surface area contributed by atoms with E-state index in [1.807, 2.05) is 42.5 Å². The molecular formula is C23H22BrN3O3. The highest BCUT2D eigenvalue weighted by atomic mass is 79.9. The van der Waals surface area contributed by atoms with Gasteiger partial charge in [-0.3, -0.25) is 9.59 Å². The lowest BCUT2D eigenvalue weighted by Crippen LogP contribution is -2.63. The predicted molar refractivity (Wildman–Crippen MR) is 117 cm³/mol. The van der Waals surface area contributed by atoms with E-state index < -0.39 is 6.04 Å². The van der Waals surface area contributed by atoms with Crippen molar-refractivity contribution in [3.05, 3.63) is 69.8 Å². The Morgan fingerprint density at radius 3 is 2.80 bits per heavy atom. The minimum Gasteiger partial charge on any atom is -0.383 e. The summed E-state index contributed by atoms with van der Waals surface area (Å²) in [5.74, 6) is -0.0486. The number of fused-ring (bicyclic) bond motifs is 4. The maximum absolute atomic E-state index is 13.4. The molecule has 3 aromatic rings. The highest BCUT2D eigenvalue weighted by Gasteiger charge is 2.48. The predicted octanol–water partition coefficient (Wildman–Crippen LogP) is 3.26. The average molecular weight is 468 g/mol. The smallest absolute Gasteiger partial charge is 0.246 e. The molecule has 0 radical (unpaired) electrons. The van der Waals surface area contributed by atoms with Gasteiger partial charge < -0.3 is 19.5 Å². The maximum Gasteiger partial charge on any atom is 0.246 e. The van der Waals surface area contributed by atoms with Crippen molar-refractivity contribution in [3.63, 3.8) is 0 Å². The number of benzene rings is 2. The molecule has 30 heavy (non-hydrogen) atoms. The summed E-state index contributed by atoms with van der Waals surface area (Å²) >= 11 is 3.55. The third-order valence-electron chi connectivity index (χ3n) is 6.07. The standard InChI is InChI=1S/C23H22BrN3O3/c1-30-10-9-26-13-20(28)27-19(23(26)29)12-17-16-7-2-3-8-18(16)25-21(17)22(27)14-5-4-6-15(24)11-14/h2-8,11,19,22,25H,9-10,12-13H2,1H3/t19-,22-/m0/s1. The number of carbonyl (C=O) groups is 2. The molecule has 2 aromatic carbocycles. The number of ether oxygens (including phenoxy) is 1. The highest BCUT2D eigenvalue weighted by molar-refractivity contribution is 9.10. The van der Waals surface area contributed by atoms with Gasteiger partial charge in [0.05, 0.1) is 19.2 Å². The molecule has 6 nitrogen and oxygen atoms in total. The van der Waals surface area contributed by atoms with Crippen LogP contribution in [0.1, 0.15) is 22.9 Å². The van der Waals surface area contributed by atoms with Crippen LogP contribution in [0.25, 0.3) is 10.9 Å². The number of carbonyl (C=O) groups excluding carboxylic acids is 2. The molecule has 0 aliphatic carbocycles. The summed E-state index contributed by atoms with van der Waals surface area (Å²) in [6.07, 6.45) is 0.512. The number of halogens is 1. The normalized spacial score (nSPS) is 21.1. The van der Waals surface area contributed by atoms with Crippen molar-refractivity contribution in [2.45, 2.75) is 18.5 Å². The number of methoxy groups -OCH3 is 1. The van der Waals surface area contributed by atoms with E-state index in [1.165, 1.54) is 0 Å². The number of aromatic amines is 1. The quantitative estimate of drug-likeness (QED) is 0.640. The topological polar surface area (TPSA) is 65.6 Å². The van der Waals surface area contributed by atoms with Crippen molar-refractivity contribution < 1.29 is 14.3 Å². The zero-order valence-corrected chi connectivity index (χ0v) is 18.2. The lowest BCUT2D eigenvalue weighted by molar-refractivity contribution is -0.159. The molecule has 2 aliphatic heterocycles. The van der Waals surface area contributed by atoms with Gasteiger partial charge in [0, 0.05) is 41.1 Å². The molecule has 2 atom stereocenters. The van der Waals surface area contributed by atoms with E-state index >= 15 is 0 Å². The average Bonchev–Trinajstić information content (AvgIpc) is 3.12. The molecular weight excluding hydrogens is 446 g/mol. The molecule has 3 heterocycles. The second-order valence-electron chi connectivity index (χ2n) is 7.79. The number of amides is 2. The molecule has 0 bridgehead atoms. The summed E-state index contributed by atoms with van der Waals surface area (Å²) < 4.78 is 6.08. The van der Waals surface area contributed by atoms with Crippen LogP contribution >= 0.6 is 15.9 Å². The third kappa shape index (κ3) is 3.04. The monoisotopic (exact) mass is 467 g/mol. The number of nitrogens with one attached hydrogen (secondary N) is 1. The summed E-state index contributed by atoms with van der Waals surface area (Å²) in [7, 11) is 1.60. The number of hydrogen-bond acceptors (Lipinski definition) is 3. The first-order chi connectivity index (χ1) is 14.6. The fourth-order valence-electron chi connectivity index (χ4n) is 4.74. The van der Waals surface area contributed by atoms with Crippen molar-refractivity contribution >= 4 is 38.6 Å². The molecule has 1 aromatic heterocycles. The summed E-state index contributed by atoms with van der Waals surface area (Å²) in [5.41, 5.74) is 4.12. The van der Waals surface area contributed by atoms with Crippen LogP contribution in [0.3, 0.4) is 0 Å². The highest BCUT2D eigenvalue weighted by Crippen LogP contribution is 2.42. The van der Waals surface area contributed by atoms with E-state index in [1.54, 1.807) is 16.9 Å². The zero-order chi connectivity index (χ0) is 20.8. The summed E-state index contributed by atoms with van der Waals surface area (Å²) in [5, 5.41) is 1.11. The Morgan fingerprint density at radius 1 is 1.17 bits per heavy atom. The molecule has 1 fully saturated rings. The lowest BCUT2D eigenvalue weighted by Gasteiger charge is -2.47. The molecule has 1 saturated heterocycles. The van der Waals surface area contributed by atoms with E-state index in [4.69, 9.17) is 4.74 Å². The zero-order valence-electron chi connectivity index (χ0n) is 16.6. The third-order valence-corrected chi connectivity index (χ3v) is 6.57. The van der Waals surface area contributed by atoms with Gasteiger partial charge in [0.1, 0.15) is 6.04 Å². The SMILES string of the molecule is COCCN1CC(=O)N2[C@@H](c3cccc(Br)c3)c3[nH]c4ccccc4c3C[C@H]2C1=O. The lowest BCUT2D eigenvalue weighted by atomic mass is 9.86. The van der Waals surface area contributed by atoms with Gasteiger partial charge in [-0.05, 0) is 29.3 Å². The van der Waals surface area contributed by atoms with Gasteiger partial charge in [-0.15, -0.1) is 0 Å². The van der Waals surface area contributed by atoms with E-state index in [0.717, 1.165) is 32.2 Å². The molecule has 0 spiro atoms. The van der Waals surface area contributed by atoms with Crippen LogP contribution in [-0.4, -0.2) is 59.4 Å². The molecule has 2 amide bonds. The molecule has 7 heteroatoms. The Kier molecular flexibility index (Phi) is 4.87. The van der Waals surface area contributed by atoms with Gasteiger partial charge in [-0.1, -0.05) is 46.3 Å². The molecule has 1 N–H and O–H groups in total. The second-order valence-corrected chi connectivity index (χ2v) is 8.71. The van der Waals surface area contributed by atoms with Crippen molar-refractivity contribution in [1.29, 1.82) is 0 Å². The fraction of sp³-hybridized carbons (Fsp3) is 0.304. The molecule has 2 aliphatic rings. The molecule has 0 saturated carbocycles. The summed E-state index contributed by atoms with van der Waals surface area (Å²) in [6.45, 7) is 0.922. The van der Waals surface area contributed by atoms with Crippen molar-refractivity contribution in [3.8, 4) is 0 Å². The Balaban J connectivity index is 1.67. The maximum atomic E-state index is 13.4. The first-order valence-corrected chi connectivity index (χ1v) is 10.8. The first kappa shape index (κ1) is 19.3. The molecule has 154 valence electrons. The Bertz CT molecular complexity index is 1140. The van der Waals surface area contributed by atoms with E-state index in [0.29, 0.717) is 19.6 Å². The van der Waals surface area contributed by atoms with E-state index in [2.05, 4.69) is 27.0 Å². The number of hydrogen-bond donors (Lipinski definition) is 1. The Hall–Kier alpha value is -2.64. The number of nitrogens with zero attached hydrogens (tertiary/aromatic N) is 2. The Morgan fingerprint density at radius 2 is 2.00 bits per heavy atom. The number of rotatable bonds is 4. The van der Waals surface area contributed by atoms with Crippen LogP contribution in [0.2, 0.25) is 0 Å². The van der Waals surface area contributed by atoms with Gasteiger partial charge in [-0.2, -0.15) is 0 Å². The van der Waals surface area contributed by atoms with Crippen LogP contribution < -0.4 is 0 Å². The van der Waals surface area contributed by atoms with Crippen LogP contribution in [0.4, 0.5) is 0 Å². The number of H-pyrrole nitrogens is 1. The minimum absolute atomic E-state index is 0.0115. The number of aromatic nitrogens is 1. The number of para-hydroxylation sites is 1. The van der Waals surface area contributed by atoms with Crippen LogP contribution in [0.5, 0.6) is 0 Å². The summed E-state index contributed by atoms with van der Waals surface area (Å²) in [6, 6.07) is 15.3. The number of piperazine rings is 1. The van der Waals surface area contributed by atoms with Gasteiger partial charge >= 0.3 is 0 Å². The Labute approximate surface area is 182 Å². The van der Waals surface area contributed by atoms with Gasteiger partial charge in [0.25, 0.3) is 0 Å². The summed E-state index contributed by atoms with van der Waals surface area (Å²) in [4.78, 5) is 33.6. The van der Waals surface area contributed by atoms with Crippen LogP contribution in [0, 0.1) is 0 Å². The van der Waals surface area contributed by atoms with E-state index in [-0.39, 0.29) is 24.4 Å². The van der Waals surface area contributed by atoms with E-state index in [9.17, 15) is 9.59 Å². The van der Waals surface area contributed by atoms with Crippen molar-refractivity contribution in [2.75, 3.05) is 26.8 Å². The van der Waals surface area contributed by atoms with Crippen LogP contribution in [0.15, 0.2) is 53.0 Å². The minimum atomic E-state index is -0.515. The first-order valence-electron chi connectivity index (χ1n) is 10.0. The van der Waals surface area contributed by atoms with Crippen molar-refractivity contribution in [2.24, 2.45) is 0 Å². The van der Waals surface area contributed by atoms with Gasteiger partial charge in [0.2, 0.25) is 11.8 Å². The van der Waals surface area contributed by atoms with Gasteiger partial charge in [0.15, 0.2) is 0 Å². The fourth-order valence-corrected chi connectivity index (χ4v) is 5.15. The largest absolute Gasteiger partial charge is 0.383 e. The van der Waals surface area contributed by atoms with Gasteiger partial charge in [-0.25, -0.2) is 0 Å². The second kappa shape index (κ2) is 7.56.